The fraction of sp³-hybridized carbons (Fsp3) is 0.400. The summed E-state index contributed by atoms with van der Waals surface area (Å²) in [4.78, 5) is 43.2. The summed E-state index contributed by atoms with van der Waals surface area (Å²) < 4.78 is 119. The molecule has 0 radical (unpaired) electrons. The number of likely N-dealkylation sites (tertiary alicyclic amines) is 1. The molecule has 3 aromatic carbocycles. The molecule has 0 bridgehead atoms. The lowest BCUT2D eigenvalue weighted by Crippen LogP contribution is -2.67. The molecule has 3 aromatic rings. The van der Waals surface area contributed by atoms with Gasteiger partial charge in [-0.05, 0) is 54.7 Å². The molecule has 2 saturated heterocycles. The van der Waals surface area contributed by atoms with Crippen molar-refractivity contribution in [3.63, 3.8) is 0 Å². The maximum absolute atomic E-state index is 14.2. The Morgan fingerprint density at radius 3 is 2.08 bits per heavy atom. The second-order valence-electron chi connectivity index (χ2n) is 13.0. The van der Waals surface area contributed by atoms with Crippen LogP contribution in [0.4, 0.5) is 35.9 Å². The fourth-order valence-electron chi connectivity index (χ4n) is 6.45. The first-order valence-corrected chi connectivity index (χ1v) is 18.2. The van der Waals surface area contributed by atoms with Crippen molar-refractivity contribution < 1.29 is 58.6 Å². The molecule has 2 fully saturated rings. The van der Waals surface area contributed by atoms with E-state index in [4.69, 9.17) is 9.47 Å². The number of rotatable bonds is 11. The molecule has 53 heavy (non-hydrogen) atoms. The van der Waals surface area contributed by atoms with Crippen LogP contribution in [0.2, 0.25) is 0 Å². The Kier molecular flexibility index (Phi) is 11.2. The van der Waals surface area contributed by atoms with Gasteiger partial charge in [-0.15, -0.1) is 0 Å². The van der Waals surface area contributed by atoms with Crippen LogP contribution in [0.25, 0.3) is 0 Å². The Labute approximate surface area is 301 Å². The molecule has 2 aliphatic rings. The number of halogens is 6. The van der Waals surface area contributed by atoms with E-state index in [1.807, 2.05) is 0 Å². The predicted octanol–water partition coefficient (Wildman–Crippen LogP) is 5.97. The second kappa shape index (κ2) is 15.0. The van der Waals surface area contributed by atoms with Crippen molar-refractivity contribution in [2.45, 2.75) is 55.9 Å². The zero-order valence-corrected chi connectivity index (χ0v) is 29.3. The van der Waals surface area contributed by atoms with Crippen LogP contribution in [0.15, 0.2) is 78.9 Å². The summed E-state index contributed by atoms with van der Waals surface area (Å²) in [5.74, 6) is -0.738. The molecule has 4 amide bonds. The molecular weight excluding hydrogens is 734 g/mol. The molecule has 0 saturated carbocycles. The van der Waals surface area contributed by atoms with Gasteiger partial charge in [0.1, 0.15) is 12.1 Å². The molecule has 2 heterocycles. The van der Waals surface area contributed by atoms with E-state index < -0.39 is 87.4 Å². The van der Waals surface area contributed by atoms with Crippen molar-refractivity contribution in [1.29, 1.82) is 0 Å². The maximum atomic E-state index is 14.2. The Morgan fingerprint density at radius 1 is 0.925 bits per heavy atom. The second-order valence-corrected chi connectivity index (χ2v) is 14.8. The van der Waals surface area contributed by atoms with Crippen molar-refractivity contribution in [3.8, 4) is 0 Å². The third kappa shape index (κ3) is 8.93. The van der Waals surface area contributed by atoms with Gasteiger partial charge in [0.2, 0.25) is 10.0 Å². The van der Waals surface area contributed by atoms with E-state index in [0.717, 1.165) is 11.2 Å². The van der Waals surface area contributed by atoms with E-state index >= 15 is 0 Å². The molecule has 5 rings (SSSR count). The number of carbonyl (C=O) groups excluding carboxylic acids is 3. The van der Waals surface area contributed by atoms with Gasteiger partial charge < -0.3 is 14.8 Å². The van der Waals surface area contributed by atoms with Gasteiger partial charge in [0.05, 0.1) is 42.2 Å². The minimum atomic E-state index is -5.09. The van der Waals surface area contributed by atoms with Gasteiger partial charge in [0.15, 0.2) is 0 Å². The van der Waals surface area contributed by atoms with Gasteiger partial charge in [0, 0.05) is 13.1 Å². The molecule has 1 spiro atoms. The van der Waals surface area contributed by atoms with Crippen molar-refractivity contribution in [2.24, 2.45) is 0 Å². The summed E-state index contributed by atoms with van der Waals surface area (Å²) in [7, 11) is -3.65. The summed E-state index contributed by atoms with van der Waals surface area (Å²) in [6.07, 6.45) is -11.8. The van der Waals surface area contributed by atoms with Gasteiger partial charge in [-0.1, -0.05) is 60.7 Å². The van der Waals surface area contributed by atoms with Gasteiger partial charge >= 0.3 is 24.5 Å². The van der Waals surface area contributed by atoms with Crippen LogP contribution in [-0.4, -0.2) is 74.3 Å². The third-order valence-electron chi connectivity index (χ3n) is 9.24. The minimum Gasteiger partial charge on any atom is -0.445 e. The van der Waals surface area contributed by atoms with E-state index in [0.29, 0.717) is 23.3 Å². The largest absolute Gasteiger partial charge is 0.445 e. The van der Waals surface area contributed by atoms with Crippen LogP contribution >= 0.6 is 0 Å². The molecule has 2 aliphatic heterocycles. The first-order valence-electron chi connectivity index (χ1n) is 16.3. The number of ether oxygens (including phenoxy) is 2. The molecule has 3 atom stereocenters. The lowest BCUT2D eigenvalue weighted by Gasteiger charge is -2.51. The number of carbonyl (C=O) groups is 3. The van der Waals surface area contributed by atoms with E-state index in [2.05, 4.69) is 10.0 Å². The van der Waals surface area contributed by atoms with Gasteiger partial charge in [-0.2, -0.15) is 26.3 Å². The number of nitrogens with one attached hydrogen (secondary N) is 2. The number of nitrogens with zero attached hydrogens (tertiary/aromatic N) is 2. The Hall–Kier alpha value is -4.68. The Morgan fingerprint density at radius 2 is 1.51 bits per heavy atom. The number of sulfonamides is 1. The predicted molar refractivity (Wildman–Crippen MR) is 177 cm³/mol. The number of hydrogen-bond donors (Lipinski definition) is 2. The topological polar surface area (TPSA) is 134 Å². The molecule has 1 unspecified atom stereocenters. The highest BCUT2D eigenvalue weighted by molar-refractivity contribution is 7.88. The molecule has 286 valence electrons. The van der Waals surface area contributed by atoms with Crippen molar-refractivity contribution >= 4 is 28.1 Å². The van der Waals surface area contributed by atoms with Gasteiger partial charge in [-0.25, -0.2) is 22.7 Å². The van der Waals surface area contributed by atoms with Crippen LogP contribution in [-0.2, 0) is 48.8 Å². The number of alkyl halides is 6. The van der Waals surface area contributed by atoms with E-state index in [9.17, 15) is 49.1 Å². The molecule has 18 heteroatoms. The first-order chi connectivity index (χ1) is 24.7. The van der Waals surface area contributed by atoms with Gasteiger partial charge in [0.25, 0.3) is 5.91 Å². The molecule has 11 nitrogen and oxygen atoms in total. The van der Waals surface area contributed by atoms with E-state index in [1.165, 1.54) is 11.8 Å². The highest BCUT2D eigenvalue weighted by atomic mass is 32.2. The standard InChI is InChI=1S/C35H36F6N4O7S/c1-23(25-17-27(34(36,37)38)19-28(18-25)35(39,40)41)52-22-33(26-11-7-4-8-12-26)14-13-32(21-45(33)31(48)51-20-24-9-5-3-6-10-24)29(46)44(30(47)43-32)16-15-42-53(2,49)50/h3-12,17-19,23,42H,13-16,20-22H2,1-2H3,(H,43,47)/t23-,32?,33-/m1/s1. The highest BCUT2D eigenvalue weighted by Gasteiger charge is 2.60. The van der Waals surface area contributed by atoms with Crippen LogP contribution in [0.1, 0.15) is 53.7 Å². The van der Waals surface area contributed by atoms with Gasteiger partial charge in [-0.3, -0.25) is 14.6 Å². The first kappa shape index (κ1) is 39.5. The monoisotopic (exact) mass is 770 g/mol. The van der Waals surface area contributed by atoms with Crippen LogP contribution in [0.3, 0.4) is 0 Å². The summed E-state index contributed by atoms with van der Waals surface area (Å²) in [5.41, 5.74) is -5.61. The molecule has 0 aromatic heterocycles. The Bertz CT molecular complexity index is 1900. The lowest BCUT2D eigenvalue weighted by molar-refractivity contribution is -0.143. The number of imide groups is 1. The minimum absolute atomic E-state index is 0.0141. The third-order valence-corrected chi connectivity index (χ3v) is 9.97. The number of urea groups is 1. The van der Waals surface area contributed by atoms with Crippen molar-refractivity contribution in [3.05, 3.63) is 107 Å². The van der Waals surface area contributed by atoms with Crippen LogP contribution in [0.5, 0.6) is 0 Å². The van der Waals surface area contributed by atoms with Crippen molar-refractivity contribution in [2.75, 3.05) is 32.5 Å². The van der Waals surface area contributed by atoms with Crippen LogP contribution in [0, 0.1) is 0 Å². The lowest BCUT2D eigenvalue weighted by atomic mass is 9.74. The number of amides is 4. The zero-order valence-electron chi connectivity index (χ0n) is 28.5. The SMILES string of the molecule is C[C@@H](OC[C@@]1(c2ccccc2)CCC2(CN1C(=O)OCc1ccccc1)NC(=O)N(CCNS(C)(=O)=O)C2=O)c1cc(C(F)(F)F)cc(C(F)(F)F)c1. The van der Waals surface area contributed by atoms with E-state index in [-0.39, 0.29) is 38.6 Å². The summed E-state index contributed by atoms with van der Waals surface area (Å²) >= 11 is 0. The molecular formula is C35H36F6N4O7S. The highest BCUT2D eigenvalue weighted by Crippen LogP contribution is 2.45. The zero-order chi connectivity index (χ0) is 38.8. The average Bonchev–Trinajstić information content (AvgIpc) is 3.33. The summed E-state index contributed by atoms with van der Waals surface area (Å²) in [6, 6.07) is 17.2. The fourth-order valence-corrected chi connectivity index (χ4v) is 6.91. The van der Waals surface area contributed by atoms with Crippen molar-refractivity contribution in [1.82, 2.24) is 19.8 Å². The van der Waals surface area contributed by atoms with E-state index in [1.54, 1.807) is 60.7 Å². The van der Waals surface area contributed by atoms with Crippen LogP contribution < -0.4 is 10.0 Å². The Balaban J connectivity index is 1.51. The molecule has 0 aliphatic carbocycles. The number of benzene rings is 3. The maximum Gasteiger partial charge on any atom is 0.416 e. The quantitative estimate of drug-likeness (QED) is 0.181. The normalized spacial score (nSPS) is 21.5. The smallest absolute Gasteiger partial charge is 0.416 e. The number of hydrogen-bond acceptors (Lipinski definition) is 7. The molecule has 2 N–H and O–H groups in total. The average molecular weight is 771 g/mol. The summed E-state index contributed by atoms with van der Waals surface area (Å²) in [5, 5.41) is 2.65. The number of piperidine rings is 1. The summed E-state index contributed by atoms with van der Waals surface area (Å²) in [6.45, 7) is -0.479.